The second-order valence-electron chi connectivity index (χ2n) is 4.62. The fraction of sp³-hybridized carbons (Fsp3) is 0.312. The molecule has 5 nitrogen and oxygen atoms in total. The van der Waals surface area contributed by atoms with E-state index >= 15 is 0 Å². The van der Waals surface area contributed by atoms with Crippen LogP contribution in [-0.4, -0.2) is 25.7 Å². The fourth-order valence-electron chi connectivity index (χ4n) is 1.92. The monoisotopic (exact) mass is 287 g/mol. The number of nitrogens with zero attached hydrogens (tertiary/aromatic N) is 1. The molecule has 0 radical (unpaired) electrons. The van der Waals surface area contributed by atoms with E-state index < -0.39 is 0 Å². The number of hydrogen-bond donors (Lipinski definition) is 2. The third-order valence-corrected chi connectivity index (χ3v) is 2.96. The van der Waals surface area contributed by atoms with Gasteiger partial charge in [-0.25, -0.2) is 0 Å². The lowest BCUT2D eigenvalue weighted by Gasteiger charge is -2.12. The molecule has 0 saturated carbocycles. The molecule has 0 atom stereocenters. The van der Waals surface area contributed by atoms with Gasteiger partial charge in [-0.05, 0) is 12.5 Å². The lowest BCUT2D eigenvalue weighted by atomic mass is 10.2. The second kappa shape index (κ2) is 7.38. The predicted molar refractivity (Wildman–Crippen MR) is 85.8 cm³/mol. The molecular formula is C16H21N3O2. The van der Waals surface area contributed by atoms with Crippen LogP contribution in [0.5, 0.6) is 11.5 Å². The molecule has 0 bridgehead atoms. The highest BCUT2D eigenvalue weighted by Crippen LogP contribution is 2.28. The minimum atomic E-state index is 0.741. The van der Waals surface area contributed by atoms with Crippen molar-refractivity contribution in [2.24, 2.45) is 0 Å². The molecule has 21 heavy (non-hydrogen) atoms. The zero-order valence-corrected chi connectivity index (χ0v) is 12.6. The van der Waals surface area contributed by atoms with Crippen LogP contribution < -0.4 is 20.1 Å². The molecule has 1 aromatic heterocycles. The Balaban J connectivity index is 2.17. The smallest absolute Gasteiger partial charge is 0.124 e. The van der Waals surface area contributed by atoms with Gasteiger partial charge in [0.1, 0.15) is 11.5 Å². The van der Waals surface area contributed by atoms with Crippen molar-refractivity contribution in [3.8, 4) is 11.5 Å². The third kappa shape index (κ3) is 4.27. The number of rotatable bonds is 7. The molecule has 1 heterocycles. The first-order valence-corrected chi connectivity index (χ1v) is 6.94. The van der Waals surface area contributed by atoms with E-state index in [1.807, 2.05) is 30.5 Å². The Hall–Kier alpha value is -2.43. The van der Waals surface area contributed by atoms with Crippen LogP contribution >= 0.6 is 0 Å². The molecule has 0 saturated heterocycles. The van der Waals surface area contributed by atoms with E-state index in [0.717, 1.165) is 41.5 Å². The van der Waals surface area contributed by atoms with Crippen LogP contribution in [0, 0.1) is 0 Å². The summed E-state index contributed by atoms with van der Waals surface area (Å²) in [6.45, 7) is 3.06. The lowest BCUT2D eigenvalue weighted by molar-refractivity contribution is 0.395. The van der Waals surface area contributed by atoms with Gasteiger partial charge < -0.3 is 20.1 Å². The van der Waals surface area contributed by atoms with Crippen LogP contribution in [0.4, 0.5) is 17.1 Å². The first-order chi connectivity index (χ1) is 10.2. The summed E-state index contributed by atoms with van der Waals surface area (Å²) >= 11 is 0. The number of aromatic nitrogens is 1. The SMILES string of the molecule is CCCNc1cncc(Nc2cc(OC)cc(OC)c2)c1. The fourth-order valence-corrected chi connectivity index (χ4v) is 1.92. The van der Waals surface area contributed by atoms with Gasteiger partial charge in [0.25, 0.3) is 0 Å². The average molecular weight is 287 g/mol. The quantitative estimate of drug-likeness (QED) is 0.814. The van der Waals surface area contributed by atoms with Crippen LogP contribution in [0.15, 0.2) is 36.7 Å². The summed E-state index contributed by atoms with van der Waals surface area (Å²) in [4.78, 5) is 4.23. The molecule has 5 heteroatoms. The Labute approximate surface area is 125 Å². The average Bonchev–Trinajstić information content (AvgIpc) is 2.52. The number of hydrogen-bond acceptors (Lipinski definition) is 5. The van der Waals surface area contributed by atoms with Crippen molar-refractivity contribution >= 4 is 17.1 Å². The van der Waals surface area contributed by atoms with Gasteiger partial charge in [-0.15, -0.1) is 0 Å². The van der Waals surface area contributed by atoms with Gasteiger partial charge >= 0.3 is 0 Å². The van der Waals surface area contributed by atoms with E-state index in [-0.39, 0.29) is 0 Å². The van der Waals surface area contributed by atoms with Crippen LogP contribution in [0.3, 0.4) is 0 Å². The van der Waals surface area contributed by atoms with Gasteiger partial charge in [-0.1, -0.05) is 6.92 Å². The Bertz CT molecular complexity index is 565. The van der Waals surface area contributed by atoms with Crippen molar-refractivity contribution in [2.75, 3.05) is 31.4 Å². The Kier molecular flexibility index (Phi) is 5.26. The summed E-state index contributed by atoms with van der Waals surface area (Å²) in [6.07, 6.45) is 4.67. The zero-order valence-electron chi connectivity index (χ0n) is 12.6. The van der Waals surface area contributed by atoms with Crippen molar-refractivity contribution in [2.45, 2.75) is 13.3 Å². The predicted octanol–water partition coefficient (Wildman–Crippen LogP) is 3.66. The summed E-state index contributed by atoms with van der Waals surface area (Å²) in [7, 11) is 3.27. The van der Waals surface area contributed by atoms with Gasteiger partial charge in [0.05, 0.1) is 38.0 Å². The summed E-state index contributed by atoms with van der Waals surface area (Å²) in [5, 5.41) is 6.62. The normalized spacial score (nSPS) is 10.0. The molecule has 0 aliphatic carbocycles. The van der Waals surface area contributed by atoms with Gasteiger partial charge in [0, 0.05) is 30.4 Å². The standard InChI is InChI=1S/C16H21N3O2/c1-4-5-18-13-6-14(11-17-10-13)19-12-7-15(20-2)9-16(8-12)21-3/h6-11,18-19H,4-5H2,1-3H3. The largest absolute Gasteiger partial charge is 0.497 e. The zero-order chi connectivity index (χ0) is 15.1. The van der Waals surface area contributed by atoms with Gasteiger partial charge in [-0.3, -0.25) is 4.98 Å². The first-order valence-electron chi connectivity index (χ1n) is 6.94. The molecule has 0 aliphatic heterocycles. The van der Waals surface area contributed by atoms with Crippen LogP contribution in [-0.2, 0) is 0 Å². The maximum absolute atomic E-state index is 5.26. The topological polar surface area (TPSA) is 55.4 Å². The van der Waals surface area contributed by atoms with Crippen molar-refractivity contribution in [1.29, 1.82) is 0 Å². The molecule has 2 aromatic rings. The molecule has 0 fully saturated rings. The van der Waals surface area contributed by atoms with Crippen molar-refractivity contribution in [1.82, 2.24) is 4.98 Å². The minimum absolute atomic E-state index is 0.741. The number of nitrogens with one attached hydrogen (secondary N) is 2. The Morgan fingerprint density at radius 2 is 1.57 bits per heavy atom. The summed E-state index contributed by atoms with van der Waals surface area (Å²) < 4.78 is 10.5. The maximum atomic E-state index is 5.26. The van der Waals surface area contributed by atoms with Gasteiger partial charge in [-0.2, -0.15) is 0 Å². The maximum Gasteiger partial charge on any atom is 0.124 e. The summed E-state index contributed by atoms with van der Waals surface area (Å²) in [6, 6.07) is 7.68. The van der Waals surface area contributed by atoms with E-state index in [0.29, 0.717) is 0 Å². The van der Waals surface area contributed by atoms with Crippen molar-refractivity contribution in [3.63, 3.8) is 0 Å². The van der Waals surface area contributed by atoms with Crippen LogP contribution in [0.25, 0.3) is 0 Å². The molecule has 0 aliphatic rings. The van der Waals surface area contributed by atoms with Crippen LogP contribution in [0.1, 0.15) is 13.3 Å². The van der Waals surface area contributed by atoms with Gasteiger partial charge in [0.15, 0.2) is 0 Å². The molecule has 112 valence electrons. The highest BCUT2D eigenvalue weighted by molar-refractivity contribution is 5.65. The number of benzene rings is 1. The third-order valence-electron chi connectivity index (χ3n) is 2.96. The number of anilines is 3. The number of ether oxygens (including phenoxy) is 2. The van der Waals surface area contributed by atoms with Gasteiger partial charge in [0.2, 0.25) is 0 Å². The molecule has 2 rings (SSSR count). The minimum Gasteiger partial charge on any atom is -0.497 e. The molecule has 0 amide bonds. The lowest BCUT2D eigenvalue weighted by Crippen LogP contribution is -2.01. The first kappa shape index (κ1) is 15.0. The second-order valence-corrected chi connectivity index (χ2v) is 4.62. The molecule has 0 spiro atoms. The Morgan fingerprint density at radius 3 is 2.19 bits per heavy atom. The highest BCUT2D eigenvalue weighted by Gasteiger charge is 2.03. The van der Waals surface area contributed by atoms with Crippen LogP contribution in [0.2, 0.25) is 0 Å². The van der Waals surface area contributed by atoms with E-state index in [2.05, 4.69) is 22.5 Å². The Morgan fingerprint density at radius 1 is 0.905 bits per heavy atom. The number of pyridine rings is 1. The summed E-state index contributed by atoms with van der Waals surface area (Å²) in [5.41, 5.74) is 2.80. The van der Waals surface area contributed by atoms with E-state index in [9.17, 15) is 0 Å². The molecule has 0 unspecified atom stereocenters. The van der Waals surface area contributed by atoms with Crippen molar-refractivity contribution in [3.05, 3.63) is 36.7 Å². The highest BCUT2D eigenvalue weighted by atomic mass is 16.5. The number of methoxy groups -OCH3 is 2. The van der Waals surface area contributed by atoms with E-state index in [1.165, 1.54) is 0 Å². The van der Waals surface area contributed by atoms with Crippen molar-refractivity contribution < 1.29 is 9.47 Å². The molecular weight excluding hydrogens is 266 g/mol. The molecule has 1 aromatic carbocycles. The van der Waals surface area contributed by atoms with E-state index in [1.54, 1.807) is 20.4 Å². The van der Waals surface area contributed by atoms with E-state index in [4.69, 9.17) is 9.47 Å². The molecule has 2 N–H and O–H groups in total. The summed E-state index contributed by atoms with van der Waals surface area (Å²) in [5.74, 6) is 1.48.